The Labute approximate surface area is 170 Å². The number of ether oxygens (including phenoxy) is 2. The zero-order chi connectivity index (χ0) is 20.9. The summed E-state index contributed by atoms with van der Waals surface area (Å²) in [6.07, 6.45) is 1.66. The average Bonchev–Trinajstić information content (AvgIpc) is 2.64. The van der Waals surface area contributed by atoms with Gasteiger partial charge in [-0.3, -0.25) is 0 Å². The molecule has 0 bridgehead atoms. The van der Waals surface area contributed by atoms with Gasteiger partial charge in [-0.25, -0.2) is 9.69 Å². The molecule has 1 aromatic carbocycles. The highest BCUT2D eigenvalue weighted by Crippen LogP contribution is 2.37. The van der Waals surface area contributed by atoms with Gasteiger partial charge in [-0.1, -0.05) is 63.8 Å². The summed E-state index contributed by atoms with van der Waals surface area (Å²) in [5.74, 6) is 0.276. The minimum Gasteiger partial charge on any atom is -0.472 e. The molecule has 1 amide bonds. The molecule has 0 radical (unpaired) electrons. The zero-order valence-electron chi connectivity index (χ0n) is 17.7. The molecule has 154 valence electrons. The number of rotatable bonds is 6. The van der Waals surface area contributed by atoms with E-state index in [0.29, 0.717) is 13.0 Å². The van der Waals surface area contributed by atoms with Crippen LogP contribution in [-0.4, -0.2) is 38.1 Å². The fraction of sp³-hybridized carbons (Fsp3) is 0.500. The van der Waals surface area contributed by atoms with Gasteiger partial charge in [0.05, 0.1) is 12.6 Å². The first-order valence-electron chi connectivity index (χ1n) is 9.67. The van der Waals surface area contributed by atoms with Gasteiger partial charge in [0, 0.05) is 6.42 Å². The highest BCUT2D eigenvalue weighted by atomic mass is 28.4. The molecule has 2 atom stereocenters. The summed E-state index contributed by atoms with van der Waals surface area (Å²) >= 11 is 0. The number of hydrogen-bond acceptors (Lipinski definition) is 4. The summed E-state index contributed by atoms with van der Waals surface area (Å²) in [6.45, 7) is 19.3. The molecular formula is C22H33NO4Si. The number of amides is 1. The van der Waals surface area contributed by atoms with Gasteiger partial charge in [0.15, 0.2) is 14.2 Å². The molecule has 1 heterocycles. The van der Waals surface area contributed by atoms with E-state index in [1.54, 1.807) is 6.08 Å². The van der Waals surface area contributed by atoms with Crippen molar-refractivity contribution < 1.29 is 18.7 Å². The molecule has 1 saturated heterocycles. The first-order valence-corrected chi connectivity index (χ1v) is 12.6. The van der Waals surface area contributed by atoms with E-state index in [2.05, 4.69) is 47.0 Å². The number of hydrogen-bond donors (Lipinski definition) is 0. The predicted molar refractivity (Wildman–Crippen MR) is 114 cm³/mol. The molecule has 0 N–H and O–H groups in total. The molecule has 2 rings (SSSR count). The Kier molecular flexibility index (Phi) is 7.12. The van der Waals surface area contributed by atoms with Crippen LogP contribution in [-0.2, 0) is 20.5 Å². The fourth-order valence-corrected chi connectivity index (χ4v) is 3.75. The lowest BCUT2D eigenvalue weighted by Crippen LogP contribution is -2.51. The second-order valence-electron chi connectivity index (χ2n) is 8.66. The third-order valence-electron chi connectivity index (χ3n) is 5.53. The molecule has 0 unspecified atom stereocenters. The molecule has 0 aliphatic carbocycles. The van der Waals surface area contributed by atoms with E-state index in [1.807, 2.05) is 30.3 Å². The number of carbonyl (C=O) groups is 1. The highest BCUT2D eigenvalue weighted by Gasteiger charge is 2.41. The van der Waals surface area contributed by atoms with Crippen LogP contribution in [0.15, 0.2) is 55.4 Å². The standard InChI is InChI=1S/C22H33NO4Si/c1-8-20-14-19(16-26-28(6,7)22(3,4)5)23(17(2)27-20)21(24)25-15-18-12-10-9-11-13-18/h8-13,19-20H,1-2,14-16H2,3-7H3/t19-,20+/m0/s1. The number of benzene rings is 1. The van der Waals surface area contributed by atoms with Crippen LogP contribution in [0.1, 0.15) is 32.8 Å². The Balaban J connectivity index is 2.10. The number of nitrogens with zero attached hydrogens (tertiary/aromatic N) is 1. The van der Waals surface area contributed by atoms with Crippen molar-refractivity contribution in [2.24, 2.45) is 0 Å². The summed E-state index contributed by atoms with van der Waals surface area (Å²) in [5, 5.41) is 0.0890. The normalized spacial score (nSPS) is 20.5. The van der Waals surface area contributed by atoms with Crippen LogP contribution in [0.25, 0.3) is 0 Å². The molecule has 1 aromatic rings. The molecular weight excluding hydrogens is 370 g/mol. The molecule has 1 fully saturated rings. The monoisotopic (exact) mass is 403 g/mol. The van der Waals surface area contributed by atoms with Gasteiger partial charge in [-0.05, 0) is 30.3 Å². The minimum absolute atomic E-state index is 0.0890. The third-order valence-corrected chi connectivity index (χ3v) is 10.0. The smallest absolute Gasteiger partial charge is 0.417 e. The lowest BCUT2D eigenvalue weighted by molar-refractivity contribution is -0.0238. The van der Waals surface area contributed by atoms with Crippen LogP contribution < -0.4 is 0 Å². The van der Waals surface area contributed by atoms with Crippen molar-refractivity contribution in [3.63, 3.8) is 0 Å². The first-order chi connectivity index (χ1) is 13.0. The van der Waals surface area contributed by atoms with Crippen molar-refractivity contribution in [1.29, 1.82) is 0 Å². The van der Waals surface area contributed by atoms with E-state index in [9.17, 15) is 4.79 Å². The summed E-state index contributed by atoms with van der Waals surface area (Å²) in [5.41, 5.74) is 0.928. The van der Waals surface area contributed by atoms with Crippen molar-refractivity contribution in [2.75, 3.05) is 6.61 Å². The van der Waals surface area contributed by atoms with Crippen LogP contribution in [0.4, 0.5) is 4.79 Å². The molecule has 1 aliphatic rings. The Morgan fingerprint density at radius 1 is 1.32 bits per heavy atom. The largest absolute Gasteiger partial charge is 0.472 e. The quantitative estimate of drug-likeness (QED) is 0.467. The van der Waals surface area contributed by atoms with Crippen molar-refractivity contribution in [3.05, 3.63) is 61.0 Å². The maximum atomic E-state index is 12.8. The van der Waals surface area contributed by atoms with Crippen molar-refractivity contribution >= 4 is 14.4 Å². The second-order valence-corrected chi connectivity index (χ2v) is 13.5. The van der Waals surface area contributed by atoms with E-state index < -0.39 is 14.4 Å². The summed E-state index contributed by atoms with van der Waals surface area (Å²) in [7, 11) is -1.95. The molecule has 0 aromatic heterocycles. The van der Waals surface area contributed by atoms with Crippen LogP contribution in [0, 0.1) is 0 Å². The zero-order valence-corrected chi connectivity index (χ0v) is 18.7. The van der Waals surface area contributed by atoms with Gasteiger partial charge < -0.3 is 13.9 Å². The maximum absolute atomic E-state index is 12.8. The van der Waals surface area contributed by atoms with Crippen molar-refractivity contribution in [3.8, 4) is 0 Å². The molecule has 0 spiro atoms. The summed E-state index contributed by atoms with van der Waals surface area (Å²) < 4.78 is 17.6. The van der Waals surface area contributed by atoms with Crippen LogP contribution in [0.3, 0.4) is 0 Å². The lowest BCUT2D eigenvalue weighted by Gasteiger charge is -2.42. The Morgan fingerprint density at radius 3 is 2.54 bits per heavy atom. The van der Waals surface area contributed by atoms with E-state index in [0.717, 1.165) is 5.56 Å². The predicted octanol–water partition coefficient (Wildman–Crippen LogP) is 5.46. The van der Waals surface area contributed by atoms with Crippen molar-refractivity contribution in [1.82, 2.24) is 4.90 Å². The highest BCUT2D eigenvalue weighted by molar-refractivity contribution is 6.74. The SMILES string of the molecule is C=C[C@@H]1C[C@@H](CO[Si](C)(C)C(C)(C)C)N(C(=O)OCc2ccccc2)C(=C)O1. The van der Waals surface area contributed by atoms with Gasteiger partial charge in [0.2, 0.25) is 0 Å². The Hall–Kier alpha value is -2.05. The second kappa shape index (κ2) is 8.96. The molecule has 5 nitrogen and oxygen atoms in total. The maximum Gasteiger partial charge on any atom is 0.417 e. The Morgan fingerprint density at radius 2 is 1.96 bits per heavy atom. The van der Waals surface area contributed by atoms with Gasteiger partial charge in [0.1, 0.15) is 12.7 Å². The topological polar surface area (TPSA) is 48.0 Å². The van der Waals surface area contributed by atoms with Crippen molar-refractivity contribution in [2.45, 2.75) is 64.1 Å². The first kappa shape index (κ1) is 22.2. The molecule has 0 saturated carbocycles. The van der Waals surface area contributed by atoms with E-state index >= 15 is 0 Å². The summed E-state index contributed by atoms with van der Waals surface area (Å²) in [4.78, 5) is 14.3. The van der Waals surface area contributed by atoms with E-state index in [4.69, 9.17) is 13.9 Å². The van der Waals surface area contributed by atoms with Crippen LogP contribution >= 0.6 is 0 Å². The van der Waals surface area contributed by atoms with Crippen LogP contribution in [0.2, 0.25) is 18.1 Å². The van der Waals surface area contributed by atoms with Gasteiger partial charge >= 0.3 is 6.09 Å². The van der Waals surface area contributed by atoms with Gasteiger partial charge in [-0.2, -0.15) is 0 Å². The van der Waals surface area contributed by atoms with E-state index in [1.165, 1.54) is 4.90 Å². The van der Waals surface area contributed by atoms with E-state index in [-0.39, 0.29) is 29.7 Å². The average molecular weight is 404 g/mol. The lowest BCUT2D eigenvalue weighted by atomic mass is 10.1. The van der Waals surface area contributed by atoms with Crippen LogP contribution in [0.5, 0.6) is 0 Å². The van der Waals surface area contributed by atoms with Gasteiger partial charge in [0.25, 0.3) is 0 Å². The number of carbonyl (C=O) groups excluding carboxylic acids is 1. The molecule has 6 heteroatoms. The fourth-order valence-electron chi connectivity index (χ4n) is 2.70. The molecule has 28 heavy (non-hydrogen) atoms. The van der Waals surface area contributed by atoms with Gasteiger partial charge in [-0.15, -0.1) is 0 Å². The minimum atomic E-state index is -1.95. The third kappa shape index (κ3) is 5.48. The Bertz CT molecular complexity index is 696. The molecule has 1 aliphatic heterocycles. The summed E-state index contributed by atoms with van der Waals surface area (Å²) in [6, 6.07) is 9.38.